The number of aromatic nitrogens is 4. The van der Waals surface area contributed by atoms with Gasteiger partial charge in [-0.15, -0.1) is 0 Å². The van der Waals surface area contributed by atoms with E-state index in [1.54, 1.807) is 13.8 Å². The predicted octanol–water partition coefficient (Wildman–Crippen LogP) is 1.56. The minimum Gasteiger partial charge on any atom is -0.338 e. The van der Waals surface area contributed by atoms with Gasteiger partial charge in [0.15, 0.2) is 0 Å². The maximum absolute atomic E-state index is 12.3. The van der Waals surface area contributed by atoms with Crippen molar-refractivity contribution >= 4 is 10.0 Å². The van der Waals surface area contributed by atoms with Crippen molar-refractivity contribution in [3.05, 3.63) is 47.6 Å². The first-order chi connectivity index (χ1) is 11.0. The van der Waals surface area contributed by atoms with Crippen LogP contribution in [0.15, 0.2) is 39.8 Å². The third-order valence-corrected chi connectivity index (χ3v) is 4.91. The van der Waals surface area contributed by atoms with Gasteiger partial charge < -0.3 is 4.52 Å². The molecule has 0 aliphatic rings. The molecule has 2 heterocycles. The molecule has 0 radical (unpaired) electrons. The predicted molar refractivity (Wildman–Crippen MR) is 81.8 cm³/mol. The lowest BCUT2D eigenvalue weighted by Gasteiger charge is -2.04. The quantitative estimate of drug-likeness (QED) is 0.732. The molecule has 0 spiro atoms. The van der Waals surface area contributed by atoms with Crippen molar-refractivity contribution in [2.45, 2.75) is 25.3 Å². The first kappa shape index (κ1) is 15.4. The Balaban J connectivity index is 1.75. The molecule has 3 aromatic rings. The third-order valence-electron chi connectivity index (χ3n) is 3.24. The second-order valence-electron chi connectivity index (χ2n) is 4.97. The van der Waals surface area contributed by atoms with Crippen LogP contribution >= 0.6 is 0 Å². The number of H-pyrrole nitrogens is 1. The highest BCUT2D eigenvalue weighted by Gasteiger charge is 2.22. The van der Waals surface area contributed by atoms with E-state index in [9.17, 15) is 8.42 Å². The minimum atomic E-state index is -3.70. The third kappa shape index (κ3) is 3.15. The number of benzene rings is 1. The lowest BCUT2D eigenvalue weighted by molar-refractivity contribution is 0.376. The Morgan fingerprint density at radius 3 is 2.61 bits per heavy atom. The van der Waals surface area contributed by atoms with Gasteiger partial charge in [0.1, 0.15) is 4.90 Å². The fourth-order valence-electron chi connectivity index (χ4n) is 2.20. The second kappa shape index (κ2) is 5.94. The van der Waals surface area contributed by atoms with Crippen molar-refractivity contribution in [2.75, 3.05) is 0 Å². The fourth-order valence-corrected chi connectivity index (χ4v) is 3.54. The molecule has 0 atom stereocenters. The van der Waals surface area contributed by atoms with E-state index < -0.39 is 10.0 Å². The number of sulfonamides is 1. The summed E-state index contributed by atoms with van der Waals surface area (Å²) in [4.78, 5) is 4.32. The smallest absolute Gasteiger partial charge is 0.244 e. The average Bonchev–Trinajstić information content (AvgIpc) is 3.13. The zero-order valence-corrected chi connectivity index (χ0v) is 13.4. The highest BCUT2D eigenvalue weighted by Crippen LogP contribution is 2.18. The van der Waals surface area contributed by atoms with Crippen LogP contribution in [0.2, 0.25) is 0 Å². The molecule has 9 heteroatoms. The number of hydrogen-bond acceptors (Lipinski definition) is 6. The average molecular weight is 333 g/mol. The molecule has 0 amide bonds. The first-order valence-electron chi connectivity index (χ1n) is 6.86. The zero-order chi connectivity index (χ0) is 16.4. The number of rotatable bonds is 5. The molecule has 2 aromatic heterocycles. The van der Waals surface area contributed by atoms with E-state index in [-0.39, 0.29) is 17.3 Å². The standard InChI is InChI=1S/C14H15N5O3S/c1-9-13(10(2)18-17-9)23(20,21)15-8-12-16-14(19-22-12)11-6-4-3-5-7-11/h3-7,15H,8H2,1-2H3,(H,17,18). The van der Waals surface area contributed by atoms with Crippen LogP contribution in [-0.2, 0) is 16.6 Å². The Bertz CT molecular complexity index is 896. The fraction of sp³-hybridized carbons (Fsp3) is 0.214. The number of nitrogens with one attached hydrogen (secondary N) is 2. The minimum absolute atomic E-state index is 0.0910. The molecule has 0 saturated carbocycles. The van der Waals surface area contributed by atoms with Gasteiger partial charge >= 0.3 is 0 Å². The molecule has 0 saturated heterocycles. The van der Waals surface area contributed by atoms with Crippen LogP contribution in [0, 0.1) is 13.8 Å². The van der Waals surface area contributed by atoms with Crippen molar-refractivity contribution in [1.29, 1.82) is 0 Å². The van der Waals surface area contributed by atoms with Crippen molar-refractivity contribution in [2.24, 2.45) is 0 Å². The van der Waals surface area contributed by atoms with Gasteiger partial charge in [0.2, 0.25) is 21.7 Å². The van der Waals surface area contributed by atoms with Crippen LogP contribution in [0.25, 0.3) is 11.4 Å². The van der Waals surface area contributed by atoms with E-state index in [1.165, 1.54) is 0 Å². The zero-order valence-electron chi connectivity index (χ0n) is 12.6. The van der Waals surface area contributed by atoms with E-state index in [4.69, 9.17) is 4.52 Å². The normalized spacial score (nSPS) is 11.7. The Morgan fingerprint density at radius 2 is 1.96 bits per heavy atom. The van der Waals surface area contributed by atoms with E-state index in [0.717, 1.165) is 5.56 Å². The van der Waals surface area contributed by atoms with Gasteiger partial charge in [-0.2, -0.15) is 10.1 Å². The molecule has 23 heavy (non-hydrogen) atoms. The maximum atomic E-state index is 12.3. The van der Waals surface area contributed by atoms with Crippen LogP contribution in [-0.4, -0.2) is 28.8 Å². The van der Waals surface area contributed by atoms with Crippen LogP contribution < -0.4 is 4.72 Å². The molecule has 8 nitrogen and oxygen atoms in total. The summed E-state index contributed by atoms with van der Waals surface area (Å²) in [5, 5.41) is 10.4. The van der Waals surface area contributed by atoms with Gasteiger partial charge in [-0.05, 0) is 13.8 Å². The SMILES string of the molecule is Cc1n[nH]c(C)c1S(=O)(=O)NCc1nc(-c2ccccc2)no1. The summed E-state index contributed by atoms with van der Waals surface area (Å²) in [6.07, 6.45) is 0. The van der Waals surface area contributed by atoms with Crippen LogP contribution in [0.3, 0.4) is 0 Å². The van der Waals surface area contributed by atoms with Gasteiger partial charge in [-0.25, -0.2) is 13.1 Å². The Kier molecular flexibility index (Phi) is 3.97. The second-order valence-corrected chi connectivity index (χ2v) is 6.67. The molecule has 0 unspecified atom stereocenters. The summed E-state index contributed by atoms with van der Waals surface area (Å²) in [5.74, 6) is 0.599. The highest BCUT2D eigenvalue weighted by molar-refractivity contribution is 7.89. The summed E-state index contributed by atoms with van der Waals surface area (Å²) in [6, 6.07) is 9.29. The Labute approximate surface area is 133 Å². The lowest BCUT2D eigenvalue weighted by Crippen LogP contribution is -2.24. The molecule has 1 aromatic carbocycles. The van der Waals surface area contributed by atoms with Gasteiger partial charge in [-0.1, -0.05) is 35.5 Å². The van der Waals surface area contributed by atoms with E-state index in [0.29, 0.717) is 17.2 Å². The molecular formula is C14H15N5O3S. The van der Waals surface area contributed by atoms with Crippen molar-refractivity contribution in [1.82, 2.24) is 25.1 Å². The molecule has 0 bridgehead atoms. The summed E-state index contributed by atoms with van der Waals surface area (Å²) in [7, 11) is -3.70. The first-order valence-corrected chi connectivity index (χ1v) is 8.35. The lowest BCUT2D eigenvalue weighted by atomic mass is 10.2. The van der Waals surface area contributed by atoms with Crippen molar-refractivity contribution in [3.8, 4) is 11.4 Å². The molecular weight excluding hydrogens is 318 g/mol. The number of aromatic amines is 1. The number of aryl methyl sites for hydroxylation is 2. The van der Waals surface area contributed by atoms with Crippen molar-refractivity contribution < 1.29 is 12.9 Å². The molecule has 3 rings (SSSR count). The molecule has 0 fully saturated rings. The summed E-state index contributed by atoms with van der Waals surface area (Å²) in [5.41, 5.74) is 1.68. The largest absolute Gasteiger partial charge is 0.338 e. The monoisotopic (exact) mass is 333 g/mol. The van der Waals surface area contributed by atoms with E-state index >= 15 is 0 Å². The summed E-state index contributed by atoms with van der Waals surface area (Å²) >= 11 is 0. The Morgan fingerprint density at radius 1 is 1.22 bits per heavy atom. The Hall–Kier alpha value is -2.52. The highest BCUT2D eigenvalue weighted by atomic mass is 32.2. The van der Waals surface area contributed by atoms with Gasteiger partial charge in [-0.3, -0.25) is 5.10 Å². The topological polar surface area (TPSA) is 114 Å². The van der Waals surface area contributed by atoms with E-state index in [1.807, 2.05) is 30.3 Å². The number of hydrogen-bond donors (Lipinski definition) is 2. The molecule has 0 aliphatic heterocycles. The molecule has 0 aliphatic carbocycles. The molecule has 2 N–H and O–H groups in total. The van der Waals surface area contributed by atoms with Gasteiger partial charge in [0.25, 0.3) is 0 Å². The summed E-state index contributed by atoms with van der Waals surface area (Å²) in [6.45, 7) is 3.18. The van der Waals surface area contributed by atoms with Crippen LogP contribution in [0.1, 0.15) is 17.3 Å². The van der Waals surface area contributed by atoms with Crippen LogP contribution in [0.5, 0.6) is 0 Å². The molecule has 120 valence electrons. The van der Waals surface area contributed by atoms with Gasteiger partial charge in [0.05, 0.1) is 17.9 Å². The van der Waals surface area contributed by atoms with Crippen molar-refractivity contribution in [3.63, 3.8) is 0 Å². The van der Waals surface area contributed by atoms with Crippen LogP contribution in [0.4, 0.5) is 0 Å². The maximum Gasteiger partial charge on any atom is 0.244 e. The summed E-state index contributed by atoms with van der Waals surface area (Å²) < 4.78 is 32.2. The van der Waals surface area contributed by atoms with Gasteiger partial charge in [0, 0.05) is 5.56 Å². The number of nitrogens with zero attached hydrogens (tertiary/aromatic N) is 3. The van der Waals surface area contributed by atoms with E-state index in [2.05, 4.69) is 25.1 Å².